The number of carbonyl (C=O) groups excluding carboxylic acids is 1. The Bertz CT molecular complexity index is 2950. The number of piperidine rings is 1. The van der Waals surface area contributed by atoms with Crippen LogP contribution in [0, 0.1) is 15.5 Å². The number of benzene rings is 3. The molecule has 17 heteroatoms. The summed E-state index contributed by atoms with van der Waals surface area (Å²) in [4.78, 5) is 41.7. The highest BCUT2D eigenvalue weighted by Crippen LogP contribution is 2.43. The van der Waals surface area contributed by atoms with Crippen LogP contribution in [0.4, 0.5) is 11.4 Å². The van der Waals surface area contributed by atoms with Crippen molar-refractivity contribution in [3.8, 4) is 11.4 Å². The molecule has 3 aromatic carbocycles. The zero-order valence-corrected chi connectivity index (χ0v) is 38.1. The molecule has 10 rings (SSSR count). The average molecular weight is 919 g/mol. The van der Waals surface area contributed by atoms with Gasteiger partial charge in [-0.15, -0.1) is 0 Å². The van der Waals surface area contributed by atoms with E-state index in [1.807, 2.05) is 36.4 Å². The molecule has 4 aliphatic rings. The third-order valence-electron chi connectivity index (χ3n) is 13.6. The Morgan fingerprint density at radius 3 is 2.48 bits per heavy atom. The van der Waals surface area contributed by atoms with Crippen molar-refractivity contribution in [2.24, 2.45) is 5.41 Å². The van der Waals surface area contributed by atoms with Crippen LogP contribution in [0.25, 0.3) is 33.3 Å². The molecule has 3 fully saturated rings. The summed E-state index contributed by atoms with van der Waals surface area (Å²) in [5.74, 6) is -0.902. The summed E-state index contributed by atoms with van der Waals surface area (Å²) >= 11 is 6.26. The Morgan fingerprint density at radius 2 is 1.74 bits per heavy atom. The Labute approximate surface area is 382 Å². The maximum atomic E-state index is 14.3. The van der Waals surface area contributed by atoms with Gasteiger partial charge in [-0.25, -0.2) is 23.1 Å². The number of nitrogens with one attached hydrogen (secondary N) is 2. The summed E-state index contributed by atoms with van der Waals surface area (Å²) in [6.07, 6.45) is 10.2. The number of hydrogen-bond donors (Lipinski definition) is 2. The topological polar surface area (TPSA) is 172 Å². The lowest BCUT2D eigenvalue weighted by Gasteiger charge is -2.39. The number of ether oxygens (including phenoxy) is 1. The number of nitro benzene ring substituents is 1. The van der Waals surface area contributed by atoms with Crippen LogP contribution >= 0.6 is 11.6 Å². The van der Waals surface area contributed by atoms with Gasteiger partial charge in [0.2, 0.25) is 0 Å². The SMILES string of the molecule is CC1(C)CCC(CN2CCN(c3ccc(C(=O)NS(=O)(=O)c4ccc(OC5CCN(C6CC6)CC5)c([N+](=O)[O-])c4)c(-n4[nH]cc5nc6nccc6cc54)c3)CC2)=C(c2ccc(Cl)cc2)C1. The van der Waals surface area contributed by atoms with Crippen LogP contribution in [0.5, 0.6) is 5.75 Å². The fourth-order valence-corrected chi connectivity index (χ4v) is 10.8. The van der Waals surface area contributed by atoms with Crippen molar-refractivity contribution in [2.75, 3.05) is 50.7 Å². The van der Waals surface area contributed by atoms with Crippen LogP contribution in [0.2, 0.25) is 5.02 Å². The number of pyridine rings is 1. The first-order valence-electron chi connectivity index (χ1n) is 22.4. The molecule has 5 heterocycles. The average Bonchev–Trinajstić information content (AvgIpc) is 3.91. The first kappa shape index (κ1) is 43.1. The number of amides is 1. The van der Waals surface area contributed by atoms with Gasteiger partial charge in [-0.1, -0.05) is 43.2 Å². The minimum atomic E-state index is -4.58. The van der Waals surface area contributed by atoms with Crippen molar-refractivity contribution < 1.29 is 22.9 Å². The van der Waals surface area contributed by atoms with E-state index >= 15 is 0 Å². The Balaban J connectivity index is 0.902. The summed E-state index contributed by atoms with van der Waals surface area (Å²) in [5.41, 5.74) is 7.05. The predicted molar refractivity (Wildman–Crippen MR) is 251 cm³/mol. The van der Waals surface area contributed by atoms with Crippen LogP contribution in [0.15, 0.2) is 95.7 Å². The molecule has 2 saturated heterocycles. The fourth-order valence-electron chi connectivity index (χ4n) is 9.73. The van der Waals surface area contributed by atoms with Gasteiger partial charge in [0.15, 0.2) is 11.4 Å². The van der Waals surface area contributed by atoms with Gasteiger partial charge in [0, 0.05) is 86.4 Å². The van der Waals surface area contributed by atoms with Crippen LogP contribution in [-0.4, -0.2) is 107 Å². The number of anilines is 1. The zero-order valence-electron chi connectivity index (χ0n) is 36.5. The monoisotopic (exact) mass is 917 g/mol. The van der Waals surface area contributed by atoms with Gasteiger partial charge in [0.25, 0.3) is 15.9 Å². The summed E-state index contributed by atoms with van der Waals surface area (Å²) < 4.78 is 37.8. The van der Waals surface area contributed by atoms with Gasteiger partial charge in [-0.3, -0.25) is 29.6 Å². The predicted octanol–water partition coefficient (Wildman–Crippen LogP) is 8.37. The molecule has 338 valence electrons. The van der Waals surface area contributed by atoms with Gasteiger partial charge in [-0.2, -0.15) is 0 Å². The van der Waals surface area contributed by atoms with Crippen molar-refractivity contribution in [3.63, 3.8) is 0 Å². The largest absolute Gasteiger partial charge is 0.483 e. The van der Waals surface area contributed by atoms with Crippen molar-refractivity contribution in [2.45, 2.75) is 75.8 Å². The van der Waals surface area contributed by atoms with Crippen molar-refractivity contribution in [3.05, 3.63) is 117 Å². The first-order chi connectivity index (χ1) is 31.3. The number of piperazine rings is 1. The molecular weight excluding hydrogens is 866 g/mol. The fraction of sp³-hybridized carbons (Fsp3) is 0.396. The third kappa shape index (κ3) is 9.09. The highest BCUT2D eigenvalue weighted by Gasteiger charge is 2.34. The highest BCUT2D eigenvalue weighted by molar-refractivity contribution is 7.90. The molecule has 2 N–H and O–H groups in total. The lowest BCUT2D eigenvalue weighted by molar-refractivity contribution is -0.386. The van der Waals surface area contributed by atoms with Gasteiger partial charge in [-0.05, 0) is 116 Å². The number of H-pyrrole nitrogens is 1. The van der Waals surface area contributed by atoms with E-state index in [1.54, 1.807) is 23.1 Å². The smallest absolute Gasteiger partial charge is 0.312 e. The molecule has 0 bridgehead atoms. The van der Waals surface area contributed by atoms with E-state index in [2.05, 4.69) is 60.5 Å². The number of halogens is 1. The number of hydrogen-bond acceptors (Lipinski definition) is 11. The van der Waals surface area contributed by atoms with Crippen LogP contribution in [0.1, 0.15) is 74.7 Å². The maximum absolute atomic E-state index is 14.3. The minimum absolute atomic E-state index is 0.000533. The summed E-state index contributed by atoms with van der Waals surface area (Å²) in [5, 5.41) is 17.0. The first-order valence-corrected chi connectivity index (χ1v) is 24.3. The molecule has 2 aliphatic carbocycles. The minimum Gasteiger partial charge on any atom is -0.483 e. The van der Waals surface area contributed by atoms with E-state index in [4.69, 9.17) is 16.3 Å². The van der Waals surface area contributed by atoms with E-state index in [0.29, 0.717) is 28.4 Å². The molecule has 1 saturated carbocycles. The van der Waals surface area contributed by atoms with Gasteiger partial charge >= 0.3 is 5.69 Å². The summed E-state index contributed by atoms with van der Waals surface area (Å²) in [6.45, 7) is 10.4. The van der Waals surface area contributed by atoms with Crippen molar-refractivity contribution in [1.29, 1.82) is 0 Å². The van der Waals surface area contributed by atoms with Crippen molar-refractivity contribution >= 4 is 66.5 Å². The standard InChI is InChI=1S/C48H52ClN9O6S/c1-48(2)17-13-33(40(28-48)31-3-5-34(49)6-4-31)30-54-21-23-56(24-22-54)36-9-11-39(42(26-36)57-43-25-32-14-18-50-46(32)52-41(43)29-51-57)47(59)53-65(62,63)38-10-12-45(44(27-38)58(60)61)64-37-15-19-55(20-16-37)35-7-8-35/h3-6,9-12,14,18,25-27,29,35,37,51H,7-8,13,15-17,19-24,28,30H2,1-2H3,(H,53,59). The molecule has 0 unspecified atom stereocenters. The molecule has 0 spiro atoms. The molecule has 6 aromatic rings. The number of fused-ring (bicyclic) bond motifs is 2. The number of aromatic amines is 1. The van der Waals surface area contributed by atoms with Gasteiger partial charge in [0.1, 0.15) is 11.6 Å². The molecule has 3 aromatic heterocycles. The number of likely N-dealkylation sites (tertiary alicyclic amines) is 1. The van der Waals surface area contributed by atoms with E-state index in [9.17, 15) is 23.3 Å². The quantitative estimate of drug-likeness (QED) is 0.0893. The molecule has 0 radical (unpaired) electrons. The zero-order chi connectivity index (χ0) is 45.0. The van der Waals surface area contributed by atoms with E-state index in [-0.39, 0.29) is 22.8 Å². The lowest BCUT2D eigenvalue weighted by Crippen LogP contribution is -2.47. The highest BCUT2D eigenvalue weighted by atomic mass is 35.5. The van der Waals surface area contributed by atoms with E-state index in [1.165, 1.54) is 41.7 Å². The molecular formula is C48H52ClN9O6S. The Morgan fingerprint density at radius 1 is 0.969 bits per heavy atom. The number of rotatable bonds is 12. The molecule has 0 atom stereocenters. The molecule has 1 amide bonds. The molecule has 65 heavy (non-hydrogen) atoms. The normalized spacial score (nSPS) is 19.0. The Kier molecular flexibility index (Phi) is 11.4. The number of sulfonamides is 1. The number of aromatic nitrogens is 4. The second-order valence-corrected chi connectivity index (χ2v) is 20.8. The van der Waals surface area contributed by atoms with Crippen LogP contribution in [0.3, 0.4) is 0 Å². The lowest BCUT2D eigenvalue weighted by atomic mass is 9.72. The van der Waals surface area contributed by atoms with E-state index in [0.717, 1.165) is 100 Å². The van der Waals surface area contributed by atoms with Gasteiger partial charge < -0.3 is 14.5 Å². The number of nitro groups is 1. The number of carbonyl (C=O) groups is 1. The third-order valence-corrected chi connectivity index (χ3v) is 15.1. The van der Waals surface area contributed by atoms with E-state index < -0.39 is 31.4 Å². The van der Waals surface area contributed by atoms with Gasteiger partial charge in [0.05, 0.1) is 26.6 Å². The van der Waals surface area contributed by atoms with Crippen LogP contribution in [-0.2, 0) is 10.0 Å². The maximum Gasteiger partial charge on any atom is 0.312 e. The second-order valence-electron chi connectivity index (χ2n) is 18.7. The molecule has 15 nitrogen and oxygen atoms in total. The number of allylic oxidation sites excluding steroid dienone is 1. The summed E-state index contributed by atoms with van der Waals surface area (Å²) in [6, 6.07) is 21.4. The Hall–Kier alpha value is -5.81. The van der Waals surface area contributed by atoms with Crippen molar-refractivity contribution in [1.82, 2.24) is 34.3 Å². The van der Waals surface area contributed by atoms with Crippen LogP contribution < -0.4 is 14.4 Å². The second kappa shape index (κ2) is 17.2. The number of nitrogens with zero attached hydrogens (tertiary/aromatic N) is 7. The summed E-state index contributed by atoms with van der Waals surface area (Å²) in [7, 11) is -4.58. The molecule has 2 aliphatic heterocycles.